The van der Waals surface area contributed by atoms with E-state index in [4.69, 9.17) is 32.7 Å². The number of halogens is 2. The molecule has 0 radical (unpaired) electrons. The van der Waals surface area contributed by atoms with Crippen LogP contribution in [-0.2, 0) is 4.79 Å². The van der Waals surface area contributed by atoms with Gasteiger partial charge in [0.2, 0.25) is 5.91 Å². The molecule has 0 bridgehead atoms. The number of anilines is 1. The lowest BCUT2D eigenvalue weighted by Gasteiger charge is -2.17. The van der Waals surface area contributed by atoms with Crippen LogP contribution in [0.5, 0.6) is 11.5 Å². The molecule has 1 heterocycles. The van der Waals surface area contributed by atoms with E-state index in [1.165, 1.54) is 16.2 Å². The summed E-state index contributed by atoms with van der Waals surface area (Å²) in [6.07, 6.45) is 0. The van der Waals surface area contributed by atoms with Crippen molar-refractivity contribution < 1.29 is 19.1 Å². The van der Waals surface area contributed by atoms with Crippen LogP contribution in [-0.4, -0.2) is 49.5 Å². The molecule has 3 rings (SSSR count). The molecule has 0 unspecified atom stereocenters. The lowest BCUT2D eigenvalue weighted by atomic mass is 10.2. The van der Waals surface area contributed by atoms with Gasteiger partial charge in [0.1, 0.15) is 9.88 Å². The molecule has 0 fully saturated rings. The summed E-state index contributed by atoms with van der Waals surface area (Å²) < 4.78 is 10.6. The first-order chi connectivity index (χ1) is 15.2. The van der Waals surface area contributed by atoms with Crippen LogP contribution in [0.2, 0.25) is 10.0 Å². The second kappa shape index (κ2) is 10.2. The second-order valence-electron chi connectivity index (χ2n) is 6.81. The molecule has 2 amide bonds. The van der Waals surface area contributed by atoms with E-state index in [9.17, 15) is 9.59 Å². The zero-order chi connectivity index (χ0) is 23.4. The van der Waals surface area contributed by atoms with Crippen LogP contribution in [0.25, 0.3) is 10.6 Å². The van der Waals surface area contributed by atoms with E-state index in [0.717, 1.165) is 5.56 Å². The number of hydrogen-bond acceptors (Lipinski definition) is 6. The molecule has 2 aromatic carbocycles. The largest absolute Gasteiger partial charge is 0.493 e. The third-order valence-electron chi connectivity index (χ3n) is 4.58. The highest BCUT2D eigenvalue weighted by molar-refractivity contribution is 7.17. The minimum atomic E-state index is -0.418. The summed E-state index contributed by atoms with van der Waals surface area (Å²) in [5.41, 5.74) is 1.68. The van der Waals surface area contributed by atoms with Crippen molar-refractivity contribution in [3.63, 3.8) is 0 Å². The molecule has 0 aliphatic carbocycles. The molecule has 0 saturated heterocycles. The average Bonchev–Trinajstić information content (AvgIpc) is 3.16. The molecule has 1 aromatic heterocycles. The monoisotopic (exact) mass is 493 g/mol. The summed E-state index contributed by atoms with van der Waals surface area (Å²) in [5, 5.41) is 3.94. The number of thiazole rings is 1. The van der Waals surface area contributed by atoms with Gasteiger partial charge in [0.15, 0.2) is 11.5 Å². The number of ether oxygens (including phenoxy) is 2. The number of carbonyl (C=O) groups excluding carboxylic acids is 2. The highest BCUT2D eigenvalue weighted by atomic mass is 35.5. The van der Waals surface area contributed by atoms with Crippen LogP contribution >= 0.6 is 34.5 Å². The smallest absolute Gasteiger partial charge is 0.266 e. The average molecular weight is 494 g/mol. The SMILES string of the molecule is COc1ccc(-c2nc(C)c(C(=O)N(C)CC(=O)Nc3c(Cl)cccc3Cl)s2)cc1OC. The fraction of sp³-hybridized carbons (Fsp3) is 0.227. The van der Waals surface area contributed by atoms with Crippen molar-refractivity contribution in [1.29, 1.82) is 0 Å². The minimum absolute atomic E-state index is 0.177. The molecule has 168 valence electrons. The van der Waals surface area contributed by atoms with Crippen molar-refractivity contribution in [2.75, 3.05) is 33.1 Å². The molecule has 0 atom stereocenters. The molecule has 32 heavy (non-hydrogen) atoms. The number of methoxy groups -OCH3 is 2. The van der Waals surface area contributed by atoms with Crippen LogP contribution in [0, 0.1) is 6.92 Å². The first-order valence-corrected chi connectivity index (χ1v) is 11.0. The quantitative estimate of drug-likeness (QED) is 0.491. The Hall–Kier alpha value is -2.81. The number of hydrogen-bond donors (Lipinski definition) is 1. The van der Waals surface area contributed by atoms with Crippen molar-refractivity contribution >= 4 is 52.0 Å². The zero-order valence-electron chi connectivity index (χ0n) is 17.9. The molecule has 0 aliphatic heterocycles. The van der Waals surface area contributed by atoms with Gasteiger partial charge in [0.25, 0.3) is 5.91 Å². The number of aromatic nitrogens is 1. The summed E-state index contributed by atoms with van der Waals surface area (Å²) in [5.74, 6) is 0.438. The maximum absolute atomic E-state index is 13.0. The van der Waals surface area contributed by atoms with E-state index in [-0.39, 0.29) is 12.5 Å². The normalized spacial score (nSPS) is 10.6. The van der Waals surface area contributed by atoms with Crippen molar-refractivity contribution in [1.82, 2.24) is 9.88 Å². The zero-order valence-corrected chi connectivity index (χ0v) is 20.2. The fourth-order valence-electron chi connectivity index (χ4n) is 2.94. The Morgan fingerprint density at radius 3 is 2.38 bits per heavy atom. The Morgan fingerprint density at radius 2 is 1.75 bits per heavy atom. The predicted octanol–water partition coefficient (Wildman–Crippen LogP) is 5.15. The lowest BCUT2D eigenvalue weighted by Crippen LogP contribution is -2.35. The summed E-state index contributed by atoms with van der Waals surface area (Å²) in [4.78, 5) is 31.7. The Morgan fingerprint density at radius 1 is 1.09 bits per heavy atom. The molecular formula is C22H21Cl2N3O4S. The van der Waals surface area contributed by atoms with Gasteiger partial charge in [0, 0.05) is 12.6 Å². The van der Waals surface area contributed by atoms with Gasteiger partial charge in [-0.3, -0.25) is 9.59 Å². The number of carbonyl (C=O) groups is 2. The number of rotatable bonds is 7. The Labute approximate surface area is 199 Å². The molecule has 3 aromatic rings. The van der Waals surface area contributed by atoms with E-state index in [1.807, 2.05) is 6.07 Å². The van der Waals surface area contributed by atoms with Gasteiger partial charge in [-0.05, 0) is 37.3 Å². The van der Waals surface area contributed by atoms with E-state index >= 15 is 0 Å². The second-order valence-corrected chi connectivity index (χ2v) is 8.62. The molecule has 0 aliphatic rings. The summed E-state index contributed by atoms with van der Waals surface area (Å²) in [6, 6.07) is 10.3. The van der Waals surface area contributed by atoms with Crippen molar-refractivity contribution in [3.8, 4) is 22.1 Å². The van der Waals surface area contributed by atoms with Crippen LogP contribution in [0.4, 0.5) is 5.69 Å². The molecule has 10 heteroatoms. The van der Waals surface area contributed by atoms with Crippen molar-refractivity contribution in [2.45, 2.75) is 6.92 Å². The fourth-order valence-corrected chi connectivity index (χ4v) is 4.49. The highest BCUT2D eigenvalue weighted by Gasteiger charge is 2.22. The van der Waals surface area contributed by atoms with E-state index in [1.54, 1.807) is 58.5 Å². The number of para-hydroxylation sites is 1. The minimum Gasteiger partial charge on any atom is -0.493 e. The molecule has 0 saturated carbocycles. The van der Waals surface area contributed by atoms with Crippen LogP contribution in [0.1, 0.15) is 15.4 Å². The lowest BCUT2D eigenvalue weighted by molar-refractivity contribution is -0.116. The molecular weight excluding hydrogens is 473 g/mol. The van der Waals surface area contributed by atoms with Crippen LogP contribution in [0.15, 0.2) is 36.4 Å². The van der Waals surface area contributed by atoms with Gasteiger partial charge in [0.05, 0.1) is 42.2 Å². The topological polar surface area (TPSA) is 80.8 Å². The number of likely N-dealkylation sites (N-methyl/N-ethyl adjacent to an activating group) is 1. The summed E-state index contributed by atoms with van der Waals surface area (Å²) in [6.45, 7) is 1.58. The third-order valence-corrected chi connectivity index (χ3v) is 6.40. The summed E-state index contributed by atoms with van der Waals surface area (Å²) in [7, 11) is 4.67. The van der Waals surface area contributed by atoms with Gasteiger partial charge in [-0.25, -0.2) is 4.98 Å². The molecule has 1 N–H and O–H groups in total. The van der Waals surface area contributed by atoms with Gasteiger partial charge >= 0.3 is 0 Å². The standard InChI is InChI=1S/C22H21Cl2N3O4S/c1-12-20(32-21(25-12)13-8-9-16(30-3)17(10-13)31-4)22(29)27(2)11-18(28)26-19-14(23)6-5-7-15(19)24/h5-10H,11H2,1-4H3,(H,26,28). The van der Waals surface area contributed by atoms with E-state index in [0.29, 0.717) is 42.8 Å². The Bertz CT molecular complexity index is 1150. The molecule has 7 nitrogen and oxygen atoms in total. The number of benzene rings is 2. The predicted molar refractivity (Wildman–Crippen MR) is 127 cm³/mol. The van der Waals surface area contributed by atoms with Crippen LogP contribution < -0.4 is 14.8 Å². The molecule has 0 spiro atoms. The Balaban J connectivity index is 1.75. The van der Waals surface area contributed by atoms with E-state index in [2.05, 4.69) is 10.3 Å². The van der Waals surface area contributed by atoms with Gasteiger partial charge in [-0.2, -0.15) is 0 Å². The number of aryl methyl sites for hydroxylation is 1. The Kier molecular flexibility index (Phi) is 7.60. The number of nitrogens with one attached hydrogen (secondary N) is 1. The number of amides is 2. The van der Waals surface area contributed by atoms with Crippen molar-refractivity contribution in [3.05, 3.63) is 57.0 Å². The summed E-state index contributed by atoms with van der Waals surface area (Å²) >= 11 is 13.4. The van der Waals surface area contributed by atoms with Crippen molar-refractivity contribution in [2.24, 2.45) is 0 Å². The van der Waals surface area contributed by atoms with Gasteiger partial charge < -0.3 is 19.7 Å². The van der Waals surface area contributed by atoms with E-state index < -0.39 is 5.91 Å². The number of nitrogens with zero attached hydrogens (tertiary/aromatic N) is 2. The first kappa shape index (κ1) is 23.8. The van der Waals surface area contributed by atoms with Crippen LogP contribution in [0.3, 0.4) is 0 Å². The highest BCUT2D eigenvalue weighted by Crippen LogP contribution is 2.35. The third kappa shape index (κ3) is 5.15. The van der Waals surface area contributed by atoms with Gasteiger partial charge in [-0.15, -0.1) is 11.3 Å². The van der Waals surface area contributed by atoms with Gasteiger partial charge in [-0.1, -0.05) is 29.3 Å². The maximum Gasteiger partial charge on any atom is 0.266 e. The maximum atomic E-state index is 13.0. The first-order valence-electron chi connectivity index (χ1n) is 9.44.